The number of carbonyl (C=O) groups excluding carboxylic acids is 2. The van der Waals surface area contributed by atoms with Gasteiger partial charge in [-0.3, -0.25) is 9.59 Å². The standard InChI is InChI=1S/C12H13N3O2/c1-7(10-6-11(16)15-14-10)8-2-4-9(5-3-8)12(13)17/h2-5,7H,6H2,1H3,(H2,13,17)(H,15,16). The van der Waals surface area contributed by atoms with Crippen molar-refractivity contribution in [2.24, 2.45) is 10.8 Å². The quantitative estimate of drug-likeness (QED) is 0.805. The van der Waals surface area contributed by atoms with E-state index in [1.54, 1.807) is 12.1 Å². The lowest BCUT2D eigenvalue weighted by atomic mass is 9.94. The molecule has 1 aliphatic heterocycles. The largest absolute Gasteiger partial charge is 0.366 e. The second kappa shape index (κ2) is 4.37. The first-order chi connectivity index (χ1) is 8.08. The first kappa shape index (κ1) is 11.3. The summed E-state index contributed by atoms with van der Waals surface area (Å²) in [6, 6.07) is 7.02. The lowest BCUT2D eigenvalue weighted by molar-refractivity contribution is -0.119. The highest BCUT2D eigenvalue weighted by atomic mass is 16.2. The van der Waals surface area contributed by atoms with E-state index in [4.69, 9.17) is 5.73 Å². The number of hydrazone groups is 1. The fraction of sp³-hybridized carbons (Fsp3) is 0.250. The first-order valence-electron chi connectivity index (χ1n) is 5.33. The maximum absolute atomic E-state index is 11.0. The van der Waals surface area contributed by atoms with Crippen molar-refractivity contribution in [3.8, 4) is 0 Å². The summed E-state index contributed by atoms with van der Waals surface area (Å²) in [7, 11) is 0. The molecule has 3 N–H and O–H groups in total. The minimum Gasteiger partial charge on any atom is -0.366 e. The van der Waals surface area contributed by atoms with Crippen LogP contribution in [0.25, 0.3) is 0 Å². The number of carbonyl (C=O) groups is 2. The molecule has 0 saturated heterocycles. The minimum absolute atomic E-state index is 0.0517. The van der Waals surface area contributed by atoms with E-state index in [1.807, 2.05) is 19.1 Å². The Bertz CT molecular complexity index is 491. The third-order valence-electron chi connectivity index (χ3n) is 2.86. The molecule has 1 aromatic rings. The highest BCUT2D eigenvalue weighted by Crippen LogP contribution is 2.20. The van der Waals surface area contributed by atoms with E-state index < -0.39 is 5.91 Å². The number of nitrogens with two attached hydrogens (primary N) is 1. The highest BCUT2D eigenvalue weighted by molar-refractivity contribution is 6.07. The smallest absolute Gasteiger partial charge is 0.248 e. The van der Waals surface area contributed by atoms with Crippen LogP contribution < -0.4 is 11.2 Å². The Hall–Kier alpha value is -2.17. The molecule has 0 aromatic heterocycles. The van der Waals surface area contributed by atoms with Crippen LogP contribution in [0.3, 0.4) is 0 Å². The maximum Gasteiger partial charge on any atom is 0.248 e. The summed E-state index contributed by atoms with van der Waals surface area (Å²) >= 11 is 0. The lowest BCUT2D eigenvalue weighted by Crippen LogP contribution is -2.12. The third-order valence-corrected chi connectivity index (χ3v) is 2.86. The van der Waals surface area contributed by atoms with Gasteiger partial charge in [-0.25, -0.2) is 5.43 Å². The first-order valence-corrected chi connectivity index (χ1v) is 5.33. The average molecular weight is 231 g/mol. The molecule has 1 aromatic carbocycles. The number of nitrogens with zero attached hydrogens (tertiary/aromatic N) is 1. The van der Waals surface area contributed by atoms with Crippen LogP contribution in [0.4, 0.5) is 0 Å². The van der Waals surface area contributed by atoms with Gasteiger partial charge in [-0.1, -0.05) is 19.1 Å². The van der Waals surface area contributed by atoms with Crippen LogP contribution in [0, 0.1) is 0 Å². The molecule has 1 atom stereocenters. The molecule has 0 aliphatic carbocycles. The van der Waals surface area contributed by atoms with E-state index in [9.17, 15) is 9.59 Å². The molecule has 1 heterocycles. The van der Waals surface area contributed by atoms with Crippen LogP contribution in [0.5, 0.6) is 0 Å². The van der Waals surface area contributed by atoms with E-state index in [-0.39, 0.29) is 11.8 Å². The number of primary amides is 1. The molecule has 5 nitrogen and oxygen atoms in total. The van der Waals surface area contributed by atoms with Gasteiger partial charge in [0.25, 0.3) is 0 Å². The van der Waals surface area contributed by atoms with Crippen molar-refractivity contribution in [2.75, 3.05) is 0 Å². The average Bonchev–Trinajstić information content (AvgIpc) is 2.75. The summed E-state index contributed by atoms with van der Waals surface area (Å²) in [5.41, 5.74) is 9.88. The fourth-order valence-corrected chi connectivity index (χ4v) is 1.76. The van der Waals surface area contributed by atoms with Crippen LogP contribution in [0.1, 0.15) is 35.2 Å². The zero-order chi connectivity index (χ0) is 12.4. The summed E-state index contributed by atoms with van der Waals surface area (Å²) in [6.45, 7) is 1.97. The van der Waals surface area contributed by atoms with Crippen molar-refractivity contribution in [1.29, 1.82) is 0 Å². The summed E-state index contributed by atoms with van der Waals surface area (Å²) in [5, 5.41) is 3.98. The van der Waals surface area contributed by atoms with Gasteiger partial charge >= 0.3 is 0 Å². The van der Waals surface area contributed by atoms with Gasteiger partial charge in [-0.15, -0.1) is 0 Å². The van der Waals surface area contributed by atoms with Gasteiger partial charge in [0.2, 0.25) is 11.8 Å². The summed E-state index contributed by atoms with van der Waals surface area (Å²) < 4.78 is 0. The maximum atomic E-state index is 11.0. The van der Waals surface area contributed by atoms with Crippen LogP contribution >= 0.6 is 0 Å². The summed E-state index contributed by atoms with van der Waals surface area (Å²) in [4.78, 5) is 22.0. The number of hydrogen-bond acceptors (Lipinski definition) is 3. The van der Waals surface area contributed by atoms with E-state index in [0.717, 1.165) is 11.3 Å². The van der Waals surface area contributed by atoms with Crippen molar-refractivity contribution < 1.29 is 9.59 Å². The van der Waals surface area contributed by atoms with E-state index >= 15 is 0 Å². The van der Waals surface area contributed by atoms with E-state index in [0.29, 0.717) is 12.0 Å². The summed E-state index contributed by atoms with van der Waals surface area (Å²) in [5.74, 6) is -0.476. The molecule has 0 radical (unpaired) electrons. The molecular formula is C12H13N3O2. The van der Waals surface area contributed by atoms with Crippen molar-refractivity contribution >= 4 is 17.5 Å². The Kier molecular flexibility index (Phi) is 2.91. The zero-order valence-electron chi connectivity index (χ0n) is 9.43. The minimum atomic E-state index is -0.445. The number of rotatable bonds is 3. The van der Waals surface area contributed by atoms with Gasteiger partial charge < -0.3 is 5.73 Å². The number of amides is 2. The highest BCUT2D eigenvalue weighted by Gasteiger charge is 2.21. The van der Waals surface area contributed by atoms with Gasteiger partial charge in [0.15, 0.2) is 0 Å². The molecular weight excluding hydrogens is 218 g/mol. The molecule has 2 rings (SSSR count). The van der Waals surface area contributed by atoms with E-state index in [2.05, 4.69) is 10.5 Å². The monoisotopic (exact) mass is 231 g/mol. The molecule has 1 unspecified atom stereocenters. The van der Waals surface area contributed by atoms with Gasteiger partial charge in [0.05, 0.1) is 12.1 Å². The SMILES string of the molecule is CC(C1=NNC(=O)C1)c1ccc(C(N)=O)cc1. The van der Waals surface area contributed by atoms with Crippen LogP contribution in [0.2, 0.25) is 0 Å². The van der Waals surface area contributed by atoms with Crippen molar-refractivity contribution in [1.82, 2.24) is 5.43 Å². The second-order valence-electron chi connectivity index (χ2n) is 4.02. The molecule has 88 valence electrons. The van der Waals surface area contributed by atoms with Crippen molar-refractivity contribution in [3.05, 3.63) is 35.4 Å². The number of hydrogen-bond donors (Lipinski definition) is 2. The molecule has 0 fully saturated rings. The van der Waals surface area contributed by atoms with Crippen LogP contribution in [-0.2, 0) is 4.79 Å². The molecule has 1 aliphatic rings. The molecule has 0 spiro atoms. The molecule has 0 bridgehead atoms. The zero-order valence-corrected chi connectivity index (χ0v) is 9.43. The Morgan fingerprint density at radius 1 is 1.41 bits per heavy atom. The predicted octanol–water partition coefficient (Wildman–Crippen LogP) is 0.765. The van der Waals surface area contributed by atoms with Gasteiger partial charge in [-0.05, 0) is 17.7 Å². The molecule has 17 heavy (non-hydrogen) atoms. The topological polar surface area (TPSA) is 84.6 Å². The predicted molar refractivity (Wildman–Crippen MR) is 63.6 cm³/mol. The van der Waals surface area contributed by atoms with Crippen LogP contribution in [-0.4, -0.2) is 17.5 Å². The van der Waals surface area contributed by atoms with Crippen molar-refractivity contribution in [2.45, 2.75) is 19.3 Å². The van der Waals surface area contributed by atoms with Gasteiger partial charge in [0.1, 0.15) is 0 Å². The van der Waals surface area contributed by atoms with Gasteiger partial charge in [-0.2, -0.15) is 5.10 Å². The van der Waals surface area contributed by atoms with Crippen LogP contribution in [0.15, 0.2) is 29.4 Å². The number of nitrogens with one attached hydrogen (secondary N) is 1. The second-order valence-corrected chi connectivity index (χ2v) is 4.02. The van der Waals surface area contributed by atoms with Gasteiger partial charge in [0, 0.05) is 11.5 Å². The molecule has 2 amide bonds. The Labute approximate surface area is 98.7 Å². The molecule has 0 saturated carbocycles. The Morgan fingerprint density at radius 2 is 2.06 bits per heavy atom. The third kappa shape index (κ3) is 2.33. The lowest BCUT2D eigenvalue weighted by Gasteiger charge is -2.10. The number of benzene rings is 1. The van der Waals surface area contributed by atoms with E-state index in [1.165, 1.54) is 0 Å². The van der Waals surface area contributed by atoms with Crippen molar-refractivity contribution in [3.63, 3.8) is 0 Å². The Morgan fingerprint density at radius 3 is 2.53 bits per heavy atom. The summed E-state index contributed by atoms with van der Waals surface area (Å²) in [6.07, 6.45) is 0.332. The molecule has 5 heteroatoms. The Balaban J connectivity index is 2.17. The fourth-order valence-electron chi connectivity index (χ4n) is 1.76. The normalized spacial score (nSPS) is 16.3.